The standard InChI is InChI=1S/C12H21N3O/c1-4-7-15-10(9(16-3)8-14-15)11(13)12(2)5-6-12/h8,11H,4-7,13H2,1-3H3. The van der Waals surface area contributed by atoms with Crippen molar-refractivity contribution in [2.24, 2.45) is 11.1 Å². The Hall–Kier alpha value is -1.03. The second kappa shape index (κ2) is 4.09. The lowest BCUT2D eigenvalue weighted by molar-refractivity contribution is 0.369. The fraction of sp³-hybridized carbons (Fsp3) is 0.750. The smallest absolute Gasteiger partial charge is 0.161 e. The van der Waals surface area contributed by atoms with E-state index < -0.39 is 0 Å². The Morgan fingerprint density at radius 2 is 2.31 bits per heavy atom. The molecule has 0 bridgehead atoms. The summed E-state index contributed by atoms with van der Waals surface area (Å²) >= 11 is 0. The van der Waals surface area contributed by atoms with Crippen LogP contribution in [0.25, 0.3) is 0 Å². The zero-order valence-electron chi connectivity index (χ0n) is 10.4. The maximum absolute atomic E-state index is 6.35. The van der Waals surface area contributed by atoms with E-state index in [0.29, 0.717) is 0 Å². The SMILES string of the molecule is CCCn1ncc(OC)c1C(N)C1(C)CC1. The lowest BCUT2D eigenvalue weighted by atomic mass is 9.96. The molecule has 1 aromatic heterocycles. The number of nitrogens with two attached hydrogens (primary N) is 1. The molecule has 0 radical (unpaired) electrons. The Labute approximate surface area is 96.8 Å². The minimum atomic E-state index is 0.0384. The zero-order valence-corrected chi connectivity index (χ0v) is 10.4. The summed E-state index contributed by atoms with van der Waals surface area (Å²) < 4.78 is 7.35. The van der Waals surface area contributed by atoms with E-state index in [-0.39, 0.29) is 11.5 Å². The van der Waals surface area contributed by atoms with Crippen LogP contribution in [-0.2, 0) is 6.54 Å². The Bertz CT molecular complexity index is 368. The molecule has 2 N–H and O–H groups in total. The molecule has 1 aromatic rings. The van der Waals surface area contributed by atoms with Gasteiger partial charge < -0.3 is 10.5 Å². The van der Waals surface area contributed by atoms with Crippen LogP contribution in [0.1, 0.15) is 44.8 Å². The highest BCUT2D eigenvalue weighted by atomic mass is 16.5. The number of rotatable bonds is 5. The molecule has 0 saturated heterocycles. The van der Waals surface area contributed by atoms with E-state index in [1.54, 1.807) is 13.3 Å². The molecule has 1 atom stereocenters. The second-order valence-corrected chi connectivity index (χ2v) is 4.95. The van der Waals surface area contributed by atoms with Crippen molar-refractivity contribution < 1.29 is 4.74 Å². The predicted molar refractivity (Wildman–Crippen MR) is 63.3 cm³/mol. The Morgan fingerprint density at radius 1 is 1.62 bits per heavy atom. The molecular weight excluding hydrogens is 202 g/mol. The highest BCUT2D eigenvalue weighted by Gasteiger charge is 2.46. The van der Waals surface area contributed by atoms with Gasteiger partial charge in [0.05, 0.1) is 25.0 Å². The van der Waals surface area contributed by atoms with Gasteiger partial charge in [0.2, 0.25) is 0 Å². The molecule has 16 heavy (non-hydrogen) atoms. The summed E-state index contributed by atoms with van der Waals surface area (Å²) in [7, 11) is 1.68. The molecule has 0 spiro atoms. The average Bonchev–Trinajstić information content (AvgIpc) is 2.90. The molecule has 0 aliphatic heterocycles. The molecule has 4 nitrogen and oxygen atoms in total. The van der Waals surface area contributed by atoms with E-state index in [0.717, 1.165) is 24.4 Å². The van der Waals surface area contributed by atoms with Gasteiger partial charge in [0.25, 0.3) is 0 Å². The number of hydrogen-bond donors (Lipinski definition) is 1. The highest BCUT2D eigenvalue weighted by molar-refractivity contribution is 5.30. The fourth-order valence-corrected chi connectivity index (χ4v) is 2.08. The van der Waals surface area contributed by atoms with Crippen LogP contribution in [0.3, 0.4) is 0 Å². The summed E-state index contributed by atoms with van der Waals surface area (Å²) in [6.07, 6.45) is 5.24. The summed E-state index contributed by atoms with van der Waals surface area (Å²) in [5, 5.41) is 4.35. The van der Waals surface area contributed by atoms with Crippen molar-refractivity contribution in [1.29, 1.82) is 0 Å². The van der Waals surface area contributed by atoms with E-state index in [9.17, 15) is 0 Å². The van der Waals surface area contributed by atoms with Gasteiger partial charge in [0.15, 0.2) is 5.75 Å². The van der Waals surface area contributed by atoms with Crippen LogP contribution in [-0.4, -0.2) is 16.9 Å². The first kappa shape index (κ1) is 11.5. The van der Waals surface area contributed by atoms with Crippen LogP contribution in [0.2, 0.25) is 0 Å². The van der Waals surface area contributed by atoms with Gasteiger partial charge in [0.1, 0.15) is 0 Å². The van der Waals surface area contributed by atoms with Crippen molar-refractivity contribution in [1.82, 2.24) is 9.78 Å². The van der Waals surface area contributed by atoms with Gasteiger partial charge in [-0.3, -0.25) is 4.68 Å². The van der Waals surface area contributed by atoms with Crippen molar-refractivity contribution >= 4 is 0 Å². The maximum Gasteiger partial charge on any atom is 0.161 e. The van der Waals surface area contributed by atoms with Crippen molar-refractivity contribution in [2.45, 2.75) is 45.7 Å². The molecule has 0 aromatic carbocycles. The van der Waals surface area contributed by atoms with Gasteiger partial charge in [-0.2, -0.15) is 5.10 Å². The molecule has 1 aliphatic carbocycles. The van der Waals surface area contributed by atoms with Gasteiger partial charge in [-0.15, -0.1) is 0 Å². The monoisotopic (exact) mass is 223 g/mol. The van der Waals surface area contributed by atoms with Gasteiger partial charge in [-0.05, 0) is 24.7 Å². The van der Waals surface area contributed by atoms with Gasteiger partial charge in [0, 0.05) is 6.54 Å². The summed E-state index contributed by atoms with van der Waals surface area (Å²) in [6, 6.07) is 0.0384. The Balaban J connectivity index is 2.31. The van der Waals surface area contributed by atoms with Gasteiger partial charge in [-0.25, -0.2) is 0 Å². The first-order valence-corrected chi connectivity index (χ1v) is 5.97. The molecule has 0 amide bonds. The molecule has 4 heteroatoms. The molecular formula is C12H21N3O. The molecule has 1 unspecified atom stereocenters. The second-order valence-electron chi connectivity index (χ2n) is 4.95. The van der Waals surface area contributed by atoms with Crippen LogP contribution in [0, 0.1) is 5.41 Å². The lowest BCUT2D eigenvalue weighted by Crippen LogP contribution is -2.24. The molecule has 1 saturated carbocycles. The summed E-state index contributed by atoms with van der Waals surface area (Å²) in [5.74, 6) is 0.828. The number of nitrogens with zero attached hydrogens (tertiary/aromatic N) is 2. The largest absolute Gasteiger partial charge is 0.493 e. The minimum Gasteiger partial charge on any atom is -0.493 e. The van der Waals surface area contributed by atoms with Crippen LogP contribution in [0.4, 0.5) is 0 Å². The third-order valence-electron chi connectivity index (χ3n) is 3.58. The zero-order chi connectivity index (χ0) is 11.8. The Kier molecular flexibility index (Phi) is 2.93. The number of ether oxygens (including phenoxy) is 1. The summed E-state index contributed by atoms with van der Waals surface area (Å²) in [6.45, 7) is 5.28. The van der Waals surface area contributed by atoms with E-state index in [1.165, 1.54) is 12.8 Å². The topological polar surface area (TPSA) is 53.1 Å². The van der Waals surface area contributed by atoms with E-state index in [2.05, 4.69) is 18.9 Å². The fourth-order valence-electron chi connectivity index (χ4n) is 2.08. The maximum atomic E-state index is 6.35. The first-order chi connectivity index (χ1) is 7.62. The van der Waals surface area contributed by atoms with Gasteiger partial charge >= 0.3 is 0 Å². The molecule has 1 fully saturated rings. The van der Waals surface area contributed by atoms with Crippen LogP contribution >= 0.6 is 0 Å². The van der Waals surface area contributed by atoms with E-state index in [4.69, 9.17) is 10.5 Å². The van der Waals surface area contributed by atoms with E-state index in [1.807, 2.05) is 4.68 Å². The van der Waals surface area contributed by atoms with Gasteiger partial charge in [-0.1, -0.05) is 13.8 Å². The molecule has 2 rings (SSSR count). The normalized spacial score (nSPS) is 19.5. The molecule has 1 heterocycles. The average molecular weight is 223 g/mol. The van der Waals surface area contributed by atoms with Crippen molar-refractivity contribution in [3.05, 3.63) is 11.9 Å². The van der Waals surface area contributed by atoms with Crippen molar-refractivity contribution in [3.8, 4) is 5.75 Å². The van der Waals surface area contributed by atoms with Crippen molar-refractivity contribution in [3.63, 3.8) is 0 Å². The van der Waals surface area contributed by atoms with Crippen LogP contribution < -0.4 is 10.5 Å². The molecule has 90 valence electrons. The van der Waals surface area contributed by atoms with Crippen LogP contribution in [0.5, 0.6) is 5.75 Å². The molecule has 1 aliphatic rings. The quantitative estimate of drug-likeness (QED) is 0.831. The van der Waals surface area contributed by atoms with Crippen molar-refractivity contribution in [2.75, 3.05) is 7.11 Å². The third kappa shape index (κ3) is 1.82. The number of hydrogen-bond acceptors (Lipinski definition) is 3. The van der Waals surface area contributed by atoms with E-state index >= 15 is 0 Å². The summed E-state index contributed by atoms with van der Waals surface area (Å²) in [5.41, 5.74) is 7.65. The highest BCUT2D eigenvalue weighted by Crippen LogP contribution is 2.54. The number of methoxy groups -OCH3 is 1. The summed E-state index contributed by atoms with van der Waals surface area (Å²) in [4.78, 5) is 0. The first-order valence-electron chi connectivity index (χ1n) is 5.97. The lowest BCUT2D eigenvalue weighted by Gasteiger charge is -2.21. The predicted octanol–water partition coefficient (Wildman–Crippen LogP) is 2.10. The number of aryl methyl sites for hydroxylation is 1. The third-order valence-corrected chi connectivity index (χ3v) is 3.58. The Morgan fingerprint density at radius 3 is 2.81 bits per heavy atom. The van der Waals surface area contributed by atoms with Crippen LogP contribution in [0.15, 0.2) is 6.20 Å². The number of aromatic nitrogens is 2. The minimum absolute atomic E-state index is 0.0384.